The first-order valence-corrected chi connectivity index (χ1v) is 19.0. The van der Waals surface area contributed by atoms with Crippen LogP contribution in [0.4, 0.5) is 0 Å². The Bertz CT molecular complexity index is 3510. The van der Waals surface area contributed by atoms with Crippen LogP contribution in [0.2, 0.25) is 0 Å². The second kappa shape index (κ2) is 12.3. The molecule has 0 N–H and O–H groups in total. The Morgan fingerprint density at radius 1 is 0.351 bits per heavy atom. The number of nitrogens with zero attached hydrogens (tertiary/aromatic N) is 4. The van der Waals surface area contributed by atoms with E-state index < -0.39 is 0 Å². The predicted octanol–water partition coefficient (Wildman–Crippen LogP) is 13.4. The van der Waals surface area contributed by atoms with E-state index in [4.69, 9.17) is 23.8 Å². The van der Waals surface area contributed by atoms with E-state index in [0.29, 0.717) is 17.6 Å². The molecule has 0 aliphatic carbocycles. The summed E-state index contributed by atoms with van der Waals surface area (Å²) in [5.41, 5.74) is 11.3. The Labute approximate surface area is 325 Å². The van der Waals surface area contributed by atoms with Crippen molar-refractivity contribution < 1.29 is 8.83 Å². The zero-order chi connectivity index (χ0) is 37.5. The third-order valence-electron chi connectivity index (χ3n) is 11.1. The van der Waals surface area contributed by atoms with Crippen molar-refractivity contribution in [1.29, 1.82) is 0 Å². The van der Waals surface area contributed by atoms with E-state index in [9.17, 15) is 0 Å². The van der Waals surface area contributed by atoms with Gasteiger partial charge < -0.3 is 8.83 Å². The van der Waals surface area contributed by atoms with Crippen LogP contribution in [0.15, 0.2) is 191 Å². The molecule has 6 nitrogen and oxygen atoms in total. The number of rotatable bonds is 5. The fraction of sp³-hybridized carbons (Fsp3) is 0. The van der Waals surface area contributed by atoms with Crippen molar-refractivity contribution in [2.24, 2.45) is 0 Å². The number of fused-ring (bicyclic) bond motifs is 10. The number of hydrogen-bond acceptors (Lipinski definition) is 5. The van der Waals surface area contributed by atoms with Gasteiger partial charge >= 0.3 is 0 Å². The van der Waals surface area contributed by atoms with Gasteiger partial charge in [0, 0.05) is 38.1 Å². The summed E-state index contributed by atoms with van der Waals surface area (Å²) in [7, 11) is 0. The minimum Gasteiger partial charge on any atom is -0.456 e. The highest BCUT2D eigenvalue weighted by atomic mass is 16.3. The van der Waals surface area contributed by atoms with Crippen LogP contribution in [-0.4, -0.2) is 19.5 Å². The topological polar surface area (TPSA) is 69.9 Å². The molecule has 0 saturated carbocycles. The van der Waals surface area contributed by atoms with Gasteiger partial charge in [0.1, 0.15) is 22.3 Å². The van der Waals surface area contributed by atoms with Crippen LogP contribution in [0.1, 0.15) is 0 Å². The molecule has 0 bridgehead atoms. The normalized spacial score (nSPS) is 11.9. The lowest BCUT2D eigenvalue weighted by atomic mass is 9.97. The lowest BCUT2D eigenvalue weighted by Gasteiger charge is -2.12. The number of para-hydroxylation sites is 2. The summed E-state index contributed by atoms with van der Waals surface area (Å²) in [5, 5.41) is 6.33. The van der Waals surface area contributed by atoms with Crippen molar-refractivity contribution in [1.82, 2.24) is 19.5 Å². The second-order valence-electron chi connectivity index (χ2n) is 14.4. The Balaban J connectivity index is 1.17. The van der Waals surface area contributed by atoms with E-state index in [0.717, 1.165) is 99.1 Å². The van der Waals surface area contributed by atoms with Gasteiger partial charge in [0.2, 0.25) is 5.95 Å². The predicted molar refractivity (Wildman–Crippen MR) is 230 cm³/mol. The summed E-state index contributed by atoms with van der Waals surface area (Å²) < 4.78 is 15.4. The fourth-order valence-corrected chi connectivity index (χ4v) is 8.45. The van der Waals surface area contributed by atoms with Gasteiger partial charge in [0.15, 0.2) is 11.6 Å². The molecule has 0 spiro atoms. The summed E-state index contributed by atoms with van der Waals surface area (Å²) in [6, 6.07) is 62.6. The van der Waals surface area contributed by atoms with Gasteiger partial charge in [-0.2, -0.15) is 9.97 Å². The zero-order valence-electron chi connectivity index (χ0n) is 30.4. The van der Waals surface area contributed by atoms with E-state index in [1.165, 1.54) is 0 Å². The largest absolute Gasteiger partial charge is 0.456 e. The first kappa shape index (κ1) is 31.5. The molecule has 57 heavy (non-hydrogen) atoms. The number of benzene rings is 8. The maximum absolute atomic E-state index is 6.70. The second-order valence-corrected chi connectivity index (χ2v) is 14.4. The average Bonchev–Trinajstić information content (AvgIpc) is 3.96. The molecule has 0 radical (unpaired) electrons. The summed E-state index contributed by atoms with van der Waals surface area (Å²) >= 11 is 0. The van der Waals surface area contributed by atoms with Crippen LogP contribution in [0, 0.1) is 0 Å². The molecule has 0 unspecified atom stereocenters. The summed E-state index contributed by atoms with van der Waals surface area (Å²) in [4.78, 5) is 15.8. The average molecular weight is 731 g/mol. The van der Waals surface area contributed by atoms with E-state index in [1.807, 2.05) is 66.7 Å². The van der Waals surface area contributed by atoms with Gasteiger partial charge in [-0.3, -0.25) is 4.57 Å². The van der Waals surface area contributed by atoms with Crippen LogP contribution < -0.4 is 0 Å². The molecule has 0 saturated heterocycles. The molecule has 8 aromatic carbocycles. The highest BCUT2D eigenvalue weighted by molar-refractivity contribution is 6.24. The lowest BCUT2D eigenvalue weighted by Crippen LogP contribution is -2.06. The molecule has 4 aromatic heterocycles. The minimum absolute atomic E-state index is 0.507. The van der Waals surface area contributed by atoms with Crippen molar-refractivity contribution in [3.05, 3.63) is 182 Å². The molecule has 266 valence electrons. The Hall–Kier alpha value is -7.83. The first-order valence-electron chi connectivity index (χ1n) is 19.0. The van der Waals surface area contributed by atoms with E-state index in [2.05, 4.69) is 120 Å². The van der Waals surface area contributed by atoms with Gasteiger partial charge in [-0.1, -0.05) is 133 Å². The van der Waals surface area contributed by atoms with Gasteiger partial charge in [0.05, 0.1) is 16.4 Å². The Morgan fingerprint density at radius 3 is 1.72 bits per heavy atom. The molecule has 0 fully saturated rings. The van der Waals surface area contributed by atoms with Crippen LogP contribution in [0.25, 0.3) is 117 Å². The molecular formula is C51H30N4O2. The Kier molecular flexibility index (Phi) is 6.83. The first-order chi connectivity index (χ1) is 28.2. The van der Waals surface area contributed by atoms with Crippen molar-refractivity contribution in [3.63, 3.8) is 0 Å². The standard InChI is InChI=1S/C51H30N4O2/c1-4-14-31(15-5-1)34-24-26-41-40(28-34)47-42(27-25-37-36-20-10-12-22-43(36)57-48(37)47)55(41)51-53-49(33-18-8-3-9-19-33)52-50(54-51)35-29-39(32-16-6-2-7-17-32)46-38-21-11-13-23-44(38)56-45(46)30-35/h1-30H. The molecule has 0 amide bonds. The smallest absolute Gasteiger partial charge is 0.238 e. The van der Waals surface area contributed by atoms with Gasteiger partial charge in [-0.05, 0) is 70.8 Å². The summed E-state index contributed by atoms with van der Waals surface area (Å²) in [6.07, 6.45) is 0. The van der Waals surface area contributed by atoms with Gasteiger partial charge in [-0.15, -0.1) is 0 Å². The van der Waals surface area contributed by atoms with Crippen molar-refractivity contribution in [2.75, 3.05) is 0 Å². The molecule has 0 atom stereocenters. The molecule has 4 heterocycles. The number of aromatic nitrogens is 4. The van der Waals surface area contributed by atoms with Crippen LogP contribution in [-0.2, 0) is 0 Å². The minimum atomic E-state index is 0.507. The highest BCUT2D eigenvalue weighted by Gasteiger charge is 2.23. The molecule has 12 aromatic rings. The van der Waals surface area contributed by atoms with Crippen molar-refractivity contribution in [3.8, 4) is 51.0 Å². The van der Waals surface area contributed by atoms with E-state index in [1.54, 1.807) is 0 Å². The van der Waals surface area contributed by atoms with Crippen molar-refractivity contribution >= 4 is 65.7 Å². The van der Waals surface area contributed by atoms with Gasteiger partial charge in [-0.25, -0.2) is 4.98 Å². The number of furan rings is 2. The fourth-order valence-electron chi connectivity index (χ4n) is 8.45. The quantitative estimate of drug-likeness (QED) is 0.176. The lowest BCUT2D eigenvalue weighted by molar-refractivity contribution is 0.669. The maximum atomic E-state index is 6.70. The summed E-state index contributed by atoms with van der Waals surface area (Å²) in [5.74, 6) is 1.62. The molecule has 0 aliphatic heterocycles. The SMILES string of the molecule is c1ccc(-c2ccc3c(c2)c2c4oc5ccccc5c4ccc2n3-c2nc(-c3ccccc3)nc(-c3cc(-c4ccccc4)c4c(c3)oc3ccccc34)n2)cc1. The maximum Gasteiger partial charge on any atom is 0.238 e. The zero-order valence-corrected chi connectivity index (χ0v) is 30.4. The third kappa shape index (κ3) is 4.94. The Morgan fingerprint density at radius 2 is 0.965 bits per heavy atom. The van der Waals surface area contributed by atoms with Crippen LogP contribution in [0.5, 0.6) is 0 Å². The molecular weight excluding hydrogens is 701 g/mol. The number of hydrogen-bond donors (Lipinski definition) is 0. The monoisotopic (exact) mass is 730 g/mol. The van der Waals surface area contributed by atoms with Crippen molar-refractivity contribution in [2.45, 2.75) is 0 Å². The molecule has 0 aliphatic rings. The van der Waals surface area contributed by atoms with Gasteiger partial charge in [0.25, 0.3) is 0 Å². The highest BCUT2D eigenvalue weighted by Crippen LogP contribution is 2.43. The summed E-state index contributed by atoms with van der Waals surface area (Å²) in [6.45, 7) is 0. The molecule has 12 rings (SSSR count). The van der Waals surface area contributed by atoms with E-state index >= 15 is 0 Å². The van der Waals surface area contributed by atoms with Crippen LogP contribution in [0.3, 0.4) is 0 Å². The van der Waals surface area contributed by atoms with Crippen LogP contribution >= 0.6 is 0 Å². The third-order valence-corrected chi connectivity index (χ3v) is 11.1. The van der Waals surface area contributed by atoms with E-state index in [-0.39, 0.29) is 0 Å². The molecule has 6 heteroatoms.